The van der Waals surface area contributed by atoms with Gasteiger partial charge in [0, 0.05) is 36.0 Å². The molecule has 0 heterocycles. The molecule has 3 fully saturated rings. The first-order valence-electron chi connectivity index (χ1n) is 18.5. The maximum atomic E-state index is 17.8. The van der Waals surface area contributed by atoms with Crippen molar-refractivity contribution in [2.24, 2.45) is 28.6 Å². The number of carbonyl (C=O) groups is 6. The SMILES string of the molecule is CC(=O)NC(CC(=O)OCC(=O)[C@@]1(OC(=O)CCCO[N+](=O)[O-])[C@@H](C)CC2C3CCC4=CC(=O)C=C[C@]4(C)[C@@]3(F)[C@@H](O)C[C@@]21C)C(=O)OCC(CO[N+](=O)[O-])O[N+](=O)[O-]. The second-order valence-corrected chi connectivity index (χ2v) is 15.4. The number of carbonyl (C=O) groups excluding carboxylic acids is 6. The van der Waals surface area contributed by atoms with E-state index in [0.717, 1.165) is 6.92 Å². The van der Waals surface area contributed by atoms with Crippen LogP contribution in [-0.4, -0.2) is 112 Å². The number of Topliss-reactive ketones (excluding diaryl/α,β-unsaturated/α-hetero) is 1. The number of nitrogens with zero attached hydrogens (tertiary/aromatic N) is 3. The van der Waals surface area contributed by atoms with E-state index in [1.807, 2.05) is 0 Å². The largest absolute Gasteiger partial charge is 0.462 e. The van der Waals surface area contributed by atoms with Crippen LogP contribution in [0.5, 0.6) is 0 Å². The Morgan fingerprint density at radius 2 is 1.68 bits per heavy atom. The van der Waals surface area contributed by atoms with Gasteiger partial charge in [0.25, 0.3) is 15.3 Å². The third kappa shape index (κ3) is 9.25. The Bertz CT molecular complexity index is 1810. The van der Waals surface area contributed by atoms with Crippen molar-refractivity contribution < 1.29 is 82.2 Å². The van der Waals surface area contributed by atoms with Crippen LogP contribution < -0.4 is 5.32 Å². The Labute approximate surface area is 334 Å². The Kier molecular flexibility index (Phi) is 14.0. The lowest BCUT2D eigenvalue weighted by atomic mass is 9.44. The number of alkyl halides is 1. The van der Waals surface area contributed by atoms with E-state index in [1.165, 1.54) is 18.2 Å². The minimum absolute atomic E-state index is 0.0963. The van der Waals surface area contributed by atoms with E-state index in [0.29, 0.717) is 12.0 Å². The highest BCUT2D eigenvalue weighted by Gasteiger charge is 2.77. The van der Waals surface area contributed by atoms with E-state index in [4.69, 9.17) is 14.2 Å². The van der Waals surface area contributed by atoms with Gasteiger partial charge in [0.05, 0.1) is 19.1 Å². The Hall–Kier alpha value is -5.81. The summed E-state index contributed by atoms with van der Waals surface area (Å²) in [5, 5.41) is 42.2. The maximum Gasteiger partial charge on any atom is 0.329 e. The van der Waals surface area contributed by atoms with Gasteiger partial charge >= 0.3 is 17.9 Å². The molecule has 0 aromatic rings. The van der Waals surface area contributed by atoms with Gasteiger partial charge in [-0.25, -0.2) is 9.18 Å². The zero-order valence-corrected chi connectivity index (χ0v) is 32.5. The summed E-state index contributed by atoms with van der Waals surface area (Å²) in [6.45, 7) is 2.08. The van der Waals surface area contributed by atoms with Crippen molar-refractivity contribution in [2.45, 2.75) is 102 Å². The molecule has 10 atom stereocenters. The molecular weight excluding hydrogens is 799 g/mol. The molecule has 4 aliphatic rings. The van der Waals surface area contributed by atoms with Crippen LogP contribution in [0.25, 0.3) is 0 Å². The van der Waals surface area contributed by atoms with Crippen LogP contribution in [0.4, 0.5) is 4.39 Å². The lowest BCUT2D eigenvalue weighted by Gasteiger charge is -2.62. The second-order valence-electron chi connectivity index (χ2n) is 15.4. The van der Waals surface area contributed by atoms with Gasteiger partial charge in [-0.1, -0.05) is 25.5 Å². The fraction of sp³-hybridized carbons (Fsp3) is 0.714. The number of hydrogen-bond acceptors (Lipinski definition) is 19. The average Bonchev–Trinajstić information content (AvgIpc) is 3.35. The number of ketones is 2. The Morgan fingerprint density at radius 3 is 2.31 bits per heavy atom. The monoisotopic (exact) mass is 844 g/mol. The van der Waals surface area contributed by atoms with E-state index in [9.17, 15) is 64.2 Å². The van der Waals surface area contributed by atoms with E-state index in [1.54, 1.807) is 20.8 Å². The molecule has 0 aliphatic heterocycles. The number of ether oxygens (including phenoxy) is 3. The molecule has 0 aromatic heterocycles. The quantitative estimate of drug-likeness (QED) is 0.0572. The summed E-state index contributed by atoms with van der Waals surface area (Å²) in [4.78, 5) is 123. The molecule has 59 heavy (non-hydrogen) atoms. The number of esters is 3. The van der Waals surface area contributed by atoms with Gasteiger partial charge in [-0.2, -0.15) is 0 Å². The summed E-state index contributed by atoms with van der Waals surface area (Å²) in [6.07, 6.45) is -1.04. The number of halogens is 1. The van der Waals surface area contributed by atoms with Crippen LogP contribution in [-0.2, 0) is 57.5 Å². The summed E-state index contributed by atoms with van der Waals surface area (Å²) in [6, 6.07) is -1.81. The van der Waals surface area contributed by atoms with Gasteiger partial charge in [-0.15, -0.1) is 30.3 Å². The Morgan fingerprint density at radius 1 is 1.00 bits per heavy atom. The number of amides is 1. The second kappa shape index (κ2) is 18.0. The predicted octanol–water partition coefficient (Wildman–Crippen LogP) is 1.21. The van der Waals surface area contributed by atoms with E-state index < -0.39 is 149 Å². The van der Waals surface area contributed by atoms with Crippen LogP contribution in [0.2, 0.25) is 0 Å². The highest BCUT2D eigenvalue weighted by atomic mass is 19.1. The third-order valence-electron chi connectivity index (χ3n) is 12.0. The molecule has 0 spiro atoms. The van der Waals surface area contributed by atoms with Crippen LogP contribution in [0.3, 0.4) is 0 Å². The van der Waals surface area contributed by atoms with Crippen LogP contribution >= 0.6 is 0 Å². The fourth-order valence-corrected chi connectivity index (χ4v) is 9.55. The number of nitrogens with one attached hydrogen (secondary N) is 1. The zero-order chi connectivity index (χ0) is 44.1. The minimum Gasteiger partial charge on any atom is -0.462 e. The van der Waals surface area contributed by atoms with Gasteiger partial charge in [-0.3, -0.25) is 24.0 Å². The number of allylic oxidation sites excluding steroid dienone is 4. The molecule has 4 rings (SSSR count). The first kappa shape index (κ1) is 45.9. The van der Waals surface area contributed by atoms with Crippen molar-refractivity contribution in [2.75, 3.05) is 26.4 Å². The molecule has 4 unspecified atom stereocenters. The summed E-state index contributed by atoms with van der Waals surface area (Å²) in [7, 11) is 0. The van der Waals surface area contributed by atoms with Crippen molar-refractivity contribution in [3.63, 3.8) is 0 Å². The lowest BCUT2D eigenvalue weighted by molar-refractivity contribution is -0.790. The zero-order valence-electron chi connectivity index (χ0n) is 32.5. The van der Waals surface area contributed by atoms with Crippen molar-refractivity contribution in [3.8, 4) is 0 Å². The molecule has 0 radical (unpaired) electrons. The minimum atomic E-state index is -2.32. The van der Waals surface area contributed by atoms with E-state index >= 15 is 4.39 Å². The van der Waals surface area contributed by atoms with Crippen molar-refractivity contribution in [3.05, 3.63) is 54.1 Å². The smallest absolute Gasteiger partial charge is 0.329 e. The van der Waals surface area contributed by atoms with Crippen LogP contribution in [0.1, 0.15) is 72.6 Å². The van der Waals surface area contributed by atoms with Crippen molar-refractivity contribution in [1.82, 2.24) is 5.32 Å². The van der Waals surface area contributed by atoms with Crippen LogP contribution in [0, 0.1) is 58.9 Å². The number of aliphatic hydroxyl groups is 1. The molecule has 326 valence electrons. The van der Waals surface area contributed by atoms with Gasteiger partial charge in [0.15, 0.2) is 29.8 Å². The van der Waals surface area contributed by atoms with Gasteiger partial charge in [-0.05, 0) is 57.1 Å². The van der Waals surface area contributed by atoms with E-state index in [-0.39, 0.29) is 25.0 Å². The average molecular weight is 845 g/mol. The lowest BCUT2D eigenvalue weighted by Crippen LogP contribution is -2.70. The molecule has 23 nitrogen and oxygen atoms in total. The van der Waals surface area contributed by atoms with Crippen molar-refractivity contribution >= 4 is 35.4 Å². The summed E-state index contributed by atoms with van der Waals surface area (Å²) in [5.41, 5.74) is -6.88. The first-order valence-corrected chi connectivity index (χ1v) is 18.5. The van der Waals surface area contributed by atoms with Gasteiger partial charge in [0.1, 0.15) is 19.3 Å². The number of rotatable bonds is 20. The third-order valence-corrected chi connectivity index (χ3v) is 12.0. The van der Waals surface area contributed by atoms with Crippen LogP contribution in [0.15, 0.2) is 23.8 Å². The molecule has 24 heteroatoms. The summed E-state index contributed by atoms with van der Waals surface area (Å²) in [5.74, 6) is -8.33. The Balaban J connectivity index is 1.58. The molecule has 2 N–H and O–H groups in total. The topological polar surface area (TPSA) is 319 Å². The standard InChI is InChI=1S/C35H45FN4O19/c1-19-12-25-24-8-7-21-13-22(42)9-10-32(21,3)34(24,36)27(43)15-33(25,4)35(19,58-29(45)6-5-11-56-38(48)49)28(44)18-54-30(46)14-26(37-20(2)41)31(47)55-16-23(59-40(52)53)17-57-39(50)51/h9-10,13,19,23-27,43H,5-8,11-12,14-18H2,1-4H3,(H,37,41)/t19-,23?,24?,25?,26?,27-,32-,33-,34-,35-/m0/s1. The van der Waals surface area contributed by atoms with Gasteiger partial charge < -0.3 is 39.1 Å². The number of hydrogen-bond donors (Lipinski definition) is 2. The summed E-state index contributed by atoms with van der Waals surface area (Å²) < 4.78 is 34.0. The van der Waals surface area contributed by atoms with Crippen molar-refractivity contribution in [1.29, 1.82) is 0 Å². The highest BCUT2D eigenvalue weighted by molar-refractivity contribution is 6.01. The molecule has 1 amide bonds. The molecule has 0 aromatic carbocycles. The number of fused-ring (bicyclic) bond motifs is 5. The molecular formula is C35H45FN4O19. The fourth-order valence-electron chi connectivity index (χ4n) is 9.55. The van der Waals surface area contributed by atoms with E-state index in [2.05, 4.69) is 19.8 Å². The first-order chi connectivity index (χ1) is 27.5. The normalized spacial score (nSPS) is 31.4. The molecule has 4 aliphatic carbocycles. The van der Waals surface area contributed by atoms with Gasteiger partial charge in [0.2, 0.25) is 11.7 Å². The summed E-state index contributed by atoms with van der Waals surface area (Å²) >= 11 is 0. The predicted molar refractivity (Wildman–Crippen MR) is 188 cm³/mol. The molecule has 0 bridgehead atoms. The number of aliphatic hydroxyl groups excluding tert-OH is 1. The molecule has 0 saturated heterocycles. The molecule has 3 saturated carbocycles. The maximum absolute atomic E-state index is 17.8. The highest BCUT2D eigenvalue weighted by Crippen LogP contribution is 2.71.